The molecule has 0 aliphatic heterocycles. The van der Waals surface area contributed by atoms with Gasteiger partial charge in [-0.15, -0.1) is 0 Å². The minimum absolute atomic E-state index is 0.111. The monoisotopic (exact) mass is 297 g/mol. The summed E-state index contributed by atoms with van der Waals surface area (Å²) >= 11 is 5.08. The summed E-state index contributed by atoms with van der Waals surface area (Å²) in [6, 6.07) is 5.29. The molecule has 0 radical (unpaired) electrons. The molecule has 0 aliphatic rings. The van der Waals surface area contributed by atoms with Gasteiger partial charge in [-0.25, -0.2) is 0 Å². The zero-order valence-corrected chi connectivity index (χ0v) is 12.6. The molecular formula is C13H19N3O3S. The number of nitrogens with one attached hydrogen (secondary N) is 3. The van der Waals surface area contributed by atoms with Gasteiger partial charge in [0.15, 0.2) is 5.11 Å². The van der Waals surface area contributed by atoms with Gasteiger partial charge < -0.3 is 14.8 Å². The first-order valence-corrected chi connectivity index (χ1v) is 6.58. The lowest BCUT2D eigenvalue weighted by atomic mass is 10.3. The quantitative estimate of drug-likeness (QED) is 0.569. The van der Waals surface area contributed by atoms with Gasteiger partial charge in [-0.05, 0) is 18.6 Å². The van der Waals surface area contributed by atoms with Crippen molar-refractivity contribution in [2.45, 2.75) is 19.8 Å². The Morgan fingerprint density at radius 1 is 1.15 bits per heavy atom. The van der Waals surface area contributed by atoms with Gasteiger partial charge >= 0.3 is 0 Å². The van der Waals surface area contributed by atoms with Gasteiger partial charge in [0.25, 0.3) is 0 Å². The van der Waals surface area contributed by atoms with Gasteiger partial charge in [0.1, 0.15) is 11.5 Å². The highest BCUT2D eigenvalue weighted by atomic mass is 32.1. The Kier molecular flexibility index (Phi) is 6.58. The van der Waals surface area contributed by atoms with Crippen LogP contribution >= 0.6 is 12.2 Å². The molecule has 6 nitrogen and oxygen atoms in total. The molecule has 0 aliphatic carbocycles. The molecule has 0 fully saturated rings. The van der Waals surface area contributed by atoms with E-state index in [1.165, 1.54) is 0 Å². The highest BCUT2D eigenvalue weighted by Crippen LogP contribution is 2.25. The Bertz CT molecular complexity index is 458. The van der Waals surface area contributed by atoms with Gasteiger partial charge in [-0.1, -0.05) is 6.92 Å². The maximum Gasteiger partial charge on any atom is 0.238 e. The summed E-state index contributed by atoms with van der Waals surface area (Å²) < 4.78 is 10.3. The van der Waals surface area contributed by atoms with Crippen LogP contribution in [0.15, 0.2) is 18.2 Å². The molecule has 110 valence electrons. The number of amides is 1. The summed E-state index contributed by atoms with van der Waals surface area (Å²) in [6.07, 6.45) is 1.23. The first kappa shape index (κ1) is 16.0. The molecule has 1 aromatic rings. The van der Waals surface area contributed by atoms with Crippen molar-refractivity contribution in [3.63, 3.8) is 0 Å². The van der Waals surface area contributed by atoms with Crippen molar-refractivity contribution in [1.82, 2.24) is 10.9 Å². The normalized spacial score (nSPS) is 9.55. The summed E-state index contributed by atoms with van der Waals surface area (Å²) in [5.41, 5.74) is 5.83. The number of ether oxygens (including phenoxy) is 2. The maximum atomic E-state index is 11.3. The molecule has 0 saturated carbocycles. The molecule has 0 unspecified atom stereocenters. The molecule has 0 heterocycles. The van der Waals surface area contributed by atoms with Gasteiger partial charge in [0.05, 0.1) is 14.2 Å². The number of hydrogen-bond donors (Lipinski definition) is 3. The lowest BCUT2D eigenvalue weighted by Crippen LogP contribution is -2.43. The van der Waals surface area contributed by atoms with Crippen LogP contribution in [0.5, 0.6) is 11.5 Å². The lowest BCUT2D eigenvalue weighted by Gasteiger charge is -2.13. The van der Waals surface area contributed by atoms with Crippen molar-refractivity contribution in [2.75, 3.05) is 19.5 Å². The molecule has 0 bridgehead atoms. The van der Waals surface area contributed by atoms with Crippen LogP contribution in [0.1, 0.15) is 19.8 Å². The van der Waals surface area contributed by atoms with Crippen molar-refractivity contribution < 1.29 is 14.3 Å². The molecule has 0 spiro atoms. The summed E-state index contributed by atoms with van der Waals surface area (Å²) in [5.74, 6) is 1.18. The first-order chi connectivity index (χ1) is 9.58. The smallest absolute Gasteiger partial charge is 0.238 e. The third kappa shape index (κ3) is 5.31. The number of hydrazine groups is 1. The summed E-state index contributed by atoms with van der Waals surface area (Å²) in [4.78, 5) is 11.3. The third-order valence-electron chi connectivity index (χ3n) is 2.40. The van der Waals surface area contributed by atoms with E-state index in [1.54, 1.807) is 32.4 Å². The fourth-order valence-corrected chi connectivity index (χ4v) is 1.63. The van der Waals surface area contributed by atoms with E-state index in [4.69, 9.17) is 21.7 Å². The fourth-order valence-electron chi connectivity index (χ4n) is 1.46. The number of hydrogen-bond acceptors (Lipinski definition) is 4. The second kappa shape index (κ2) is 8.21. The number of rotatable bonds is 5. The predicted molar refractivity (Wildman–Crippen MR) is 82.0 cm³/mol. The van der Waals surface area contributed by atoms with Gasteiger partial charge in [0, 0.05) is 30.3 Å². The van der Waals surface area contributed by atoms with Crippen molar-refractivity contribution in [2.24, 2.45) is 0 Å². The predicted octanol–water partition coefficient (Wildman–Crippen LogP) is 1.82. The number of anilines is 1. The summed E-state index contributed by atoms with van der Waals surface area (Å²) in [7, 11) is 3.14. The van der Waals surface area contributed by atoms with E-state index in [-0.39, 0.29) is 11.0 Å². The van der Waals surface area contributed by atoms with E-state index >= 15 is 0 Å². The van der Waals surface area contributed by atoms with Crippen molar-refractivity contribution in [1.29, 1.82) is 0 Å². The number of carbonyl (C=O) groups excluding carboxylic acids is 1. The van der Waals surface area contributed by atoms with E-state index in [2.05, 4.69) is 16.2 Å². The highest BCUT2D eigenvalue weighted by molar-refractivity contribution is 7.80. The Morgan fingerprint density at radius 3 is 2.25 bits per heavy atom. The molecule has 0 aromatic heterocycles. The Labute approximate surface area is 123 Å². The summed E-state index contributed by atoms with van der Waals surface area (Å²) in [6.45, 7) is 1.93. The molecule has 20 heavy (non-hydrogen) atoms. The average molecular weight is 297 g/mol. The fraction of sp³-hybridized carbons (Fsp3) is 0.385. The van der Waals surface area contributed by atoms with Crippen LogP contribution in [0.4, 0.5) is 5.69 Å². The van der Waals surface area contributed by atoms with Gasteiger partial charge in [0.2, 0.25) is 5.91 Å². The molecule has 0 atom stereocenters. The molecule has 0 saturated heterocycles. The SMILES string of the molecule is CCCC(=O)NNC(=S)Nc1cc(OC)cc(OC)c1. The molecule has 3 N–H and O–H groups in total. The molecular weight excluding hydrogens is 278 g/mol. The van der Waals surface area contributed by atoms with Gasteiger partial charge in [-0.2, -0.15) is 0 Å². The van der Waals surface area contributed by atoms with Crippen LogP contribution in [0.2, 0.25) is 0 Å². The van der Waals surface area contributed by atoms with Crippen LogP contribution in [0, 0.1) is 0 Å². The first-order valence-electron chi connectivity index (χ1n) is 6.18. The molecule has 1 aromatic carbocycles. The van der Waals surface area contributed by atoms with E-state index in [9.17, 15) is 4.79 Å². The number of carbonyl (C=O) groups is 1. The lowest BCUT2D eigenvalue weighted by molar-refractivity contribution is -0.121. The van der Waals surface area contributed by atoms with E-state index < -0.39 is 0 Å². The van der Waals surface area contributed by atoms with Crippen LogP contribution < -0.4 is 25.6 Å². The second-order valence-corrected chi connectivity index (χ2v) is 4.39. The molecule has 1 rings (SSSR count). The van der Waals surface area contributed by atoms with Crippen LogP contribution in [0.3, 0.4) is 0 Å². The topological polar surface area (TPSA) is 71.6 Å². The maximum absolute atomic E-state index is 11.3. The van der Waals surface area contributed by atoms with Crippen LogP contribution in [0.25, 0.3) is 0 Å². The largest absolute Gasteiger partial charge is 0.497 e. The molecule has 7 heteroatoms. The number of benzene rings is 1. The van der Waals surface area contributed by atoms with Gasteiger partial charge in [-0.3, -0.25) is 15.6 Å². The van der Waals surface area contributed by atoms with Crippen molar-refractivity contribution in [3.05, 3.63) is 18.2 Å². The van der Waals surface area contributed by atoms with Crippen molar-refractivity contribution >= 4 is 28.9 Å². The zero-order chi connectivity index (χ0) is 15.0. The number of thiocarbonyl (C=S) groups is 1. The Balaban J connectivity index is 2.59. The van der Waals surface area contributed by atoms with E-state index in [1.807, 2.05) is 6.92 Å². The molecule has 1 amide bonds. The average Bonchev–Trinajstić information content (AvgIpc) is 2.45. The minimum atomic E-state index is -0.111. The van der Waals surface area contributed by atoms with Crippen molar-refractivity contribution in [3.8, 4) is 11.5 Å². The second-order valence-electron chi connectivity index (χ2n) is 3.98. The van der Waals surface area contributed by atoms with Crippen LogP contribution in [-0.4, -0.2) is 25.2 Å². The number of methoxy groups -OCH3 is 2. The Morgan fingerprint density at radius 2 is 1.75 bits per heavy atom. The van der Waals surface area contributed by atoms with E-state index in [0.29, 0.717) is 23.6 Å². The van der Waals surface area contributed by atoms with Crippen LogP contribution in [-0.2, 0) is 4.79 Å². The Hall–Kier alpha value is -2.02. The van der Waals surface area contributed by atoms with E-state index in [0.717, 1.165) is 6.42 Å². The minimum Gasteiger partial charge on any atom is -0.497 e. The standard InChI is InChI=1S/C13H19N3O3S/c1-4-5-12(17)15-16-13(20)14-9-6-10(18-2)8-11(7-9)19-3/h6-8H,4-5H2,1-3H3,(H,15,17)(H2,14,16,20). The highest BCUT2D eigenvalue weighted by Gasteiger charge is 2.04. The summed E-state index contributed by atoms with van der Waals surface area (Å²) in [5, 5.41) is 3.22. The third-order valence-corrected chi connectivity index (χ3v) is 2.61. The zero-order valence-electron chi connectivity index (χ0n) is 11.8.